The van der Waals surface area contributed by atoms with Gasteiger partial charge in [0.25, 0.3) is 0 Å². The minimum absolute atomic E-state index is 0.0148. The van der Waals surface area contributed by atoms with Crippen LogP contribution in [0.25, 0.3) is 0 Å². The van der Waals surface area contributed by atoms with Crippen LogP contribution < -0.4 is 0 Å². The summed E-state index contributed by atoms with van der Waals surface area (Å²) in [4.78, 5) is 0. The van der Waals surface area contributed by atoms with E-state index in [1.807, 2.05) is 12.1 Å². The van der Waals surface area contributed by atoms with E-state index in [4.69, 9.17) is 23.2 Å². The highest BCUT2D eigenvalue weighted by Crippen LogP contribution is 2.31. The van der Waals surface area contributed by atoms with Gasteiger partial charge in [-0.05, 0) is 72.9 Å². The summed E-state index contributed by atoms with van der Waals surface area (Å²) in [5.41, 5.74) is 1.81. The van der Waals surface area contributed by atoms with Crippen molar-refractivity contribution in [2.24, 2.45) is 11.8 Å². The number of aliphatic hydroxyl groups is 2. The van der Waals surface area contributed by atoms with Gasteiger partial charge in [0.2, 0.25) is 0 Å². The smallest absolute Gasteiger partial charge is 0.134 e. The SMILES string of the molecule is OCCC[C@@H](Cc1ccc(Cl)c(O)c1)[C@@H](CO)Cc1ccc(Cl)c(O)c1. The van der Waals surface area contributed by atoms with Crippen molar-refractivity contribution in [3.63, 3.8) is 0 Å². The Hall–Kier alpha value is -1.46. The molecule has 4 N–H and O–H groups in total. The van der Waals surface area contributed by atoms with Crippen molar-refractivity contribution < 1.29 is 20.4 Å². The standard InChI is InChI=1S/C20H24Cl2O4/c21-17-5-3-13(10-19(17)25)8-15(2-1-7-23)16(12-24)9-14-4-6-18(22)20(26)11-14/h3-6,10-11,15-16,23-26H,1-2,7-9,12H2/t15-,16+/m0/s1. The first-order valence-corrected chi connectivity index (χ1v) is 9.36. The maximum atomic E-state index is 9.94. The average Bonchev–Trinajstić information content (AvgIpc) is 2.62. The molecule has 0 unspecified atom stereocenters. The molecule has 2 aromatic rings. The highest BCUT2D eigenvalue weighted by Gasteiger charge is 2.22. The van der Waals surface area contributed by atoms with E-state index in [1.54, 1.807) is 24.3 Å². The third-order valence-electron chi connectivity index (χ3n) is 4.65. The second-order valence-electron chi connectivity index (χ2n) is 6.55. The fraction of sp³-hybridized carbons (Fsp3) is 0.400. The average molecular weight is 399 g/mol. The van der Waals surface area contributed by atoms with Crippen LogP contribution in [-0.2, 0) is 12.8 Å². The molecule has 0 aromatic heterocycles. The quantitative estimate of drug-likeness (QED) is 0.510. The van der Waals surface area contributed by atoms with Crippen LogP contribution >= 0.6 is 23.2 Å². The number of phenols is 2. The number of halogens is 2. The summed E-state index contributed by atoms with van der Waals surface area (Å²) >= 11 is 11.7. The second kappa shape index (κ2) is 10.0. The van der Waals surface area contributed by atoms with Gasteiger partial charge >= 0.3 is 0 Å². The van der Waals surface area contributed by atoms with Crippen LogP contribution in [0.3, 0.4) is 0 Å². The molecular weight excluding hydrogens is 375 g/mol. The fourth-order valence-electron chi connectivity index (χ4n) is 3.21. The molecule has 2 rings (SSSR count). The molecule has 2 atom stereocenters. The summed E-state index contributed by atoms with van der Waals surface area (Å²) in [6.45, 7) is 0.0707. The van der Waals surface area contributed by atoms with E-state index in [0.29, 0.717) is 29.3 Å². The predicted octanol–water partition coefficient (Wildman–Crippen LogP) is 4.19. The molecule has 6 heteroatoms. The van der Waals surface area contributed by atoms with Crippen LogP contribution in [0.15, 0.2) is 36.4 Å². The zero-order valence-corrected chi connectivity index (χ0v) is 15.9. The van der Waals surface area contributed by atoms with E-state index in [2.05, 4.69) is 0 Å². The number of benzene rings is 2. The first-order chi connectivity index (χ1) is 12.4. The molecule has 0 amide bonds. The Labute approximate surface area is 163 Å². The topological polar surface area (TPSA) is 80.9 Å². The van der Waals surface area contributed by atoms with Crippen LogP contribution in [0.2, 0.25) is 10.0 Å². The third kappa shape index (κ3) is 5.78. The molecular formula is C20H24Cl2O4. The van der Waals surface area contributed by atoms with Crippen molar-refractivity contribution in [1.82, 2.24) is 0 Å². The third-order valence-corrected chi connectivity index (χ3v) is 5.29. The van der Waals surface area contributed by atoms with E-state index in [9.17, 15) is 20.4 Å². The lowest BCUT2D eigenvalue weighted by Gasteiger charge is -2.26. The Balaban J connectivity index is 2.17. The Bertz CT molecular complexity index is 721. The first kappa shape index (κ1) is 20.8. The lowest BCUT2D eigenvalue weighted by atomic mass is 9.80. The lowest BCUT2D eigenvalue weighted by molar-refractivity contribution is 0.158. The van der Waals surface area contributed by atoms with Gasteiger partial charge in [0.05, 0.1) is 10.0 Å². The summed E-state index contributed by atoms with van der Waals surface area (Å²) in [6, 6.07) is 10.2. The van der Waals surface area contributed by atoms with E-state index >= 15 is 0 Å². The van der Waals surface area contributed by atoms with Crippen molar-refractivity contribution in [1.29, 1.82) is 0 Å². The minimum atomic E-state index is -0.0556. The summed E-state index contributed by atoms with van der Waals surface area (Å²) in [5, 5.41) is 39.3. The molecule has 0 saturated carbocycles. The highest BCUT2D eigenvalue weighted by atomic mass is 35.5. The molecule has 0 bridgehead atoms. The number of phenolic OH excluding ortho intramolecular Hbond substituents is 2. The van der Waals surface area contributed by atoms with Gasteiger partial charge in [0, 0.05) is 13.2 Å². The molecule has 142 valence electrons. The zero-order chi connectivity index (χ0) is 19.1. The van der Waals surface area contributed by atoms with Crippen LogP contribution in [0.1, 0.15) is 24.0 Å². The minimum Gasteiger partial charge on any atom is -0.506 e. The summed E-state index contributed by atoms with van der Waals surface area (Å²) < 4.78 is 0. The van der Waals surface area contributed by atoms with Gasteiger partial charge < -0.3 is 20.4 Å². The molecule has 0 fully saturated rings. The number of aliphatic hydroxyl groups excluding tert-OH is 2. The Morgan fingerprint density at radius 1 is 0.769 bits per heavy atom. The molecule has 0 radical (unpaired) electrons. The predicted molar refractivity (Wildman–Crippen MR) is 104 cm³/mol. The van der Waals surface area contributed by atoms with Gasteiger partial charge in [-0.2, -0.15) is 0 Å². The first-order valence-electron chi connectivity index (χ1n) is 8.61. The summed E-state index contributed by atoms with van der Waals surface area (Å²) in [7, 11) is 0. The zero-order valence-electron chi connectivity index (χ0n) is 14.4. The van der Waals surface area contributed by atoms with Gasteiger partial charge in [-0.15, -0.1) is 0 Å². The molecule has 0 spiro atoms. The summed E-state index contributed by atoms with van der Waals surface area (Å²) in [6.07, 6.45) is 2.60. The molecule has 4 nitrogen and oxygen atoms in total. The second-order valence-corrected chi connectivity index (χ2v) is 7.36. The van der Waals surface area contributed by atoms with Crippen LogP contribution in [0.4, 0.5) is 0 Å². The van der Waals surface area contributed by atoms with Crippen molar-refractivity contribution >= 4 is 23.2 Å². The number of hydrogen-bond acceptors (Lipinski definition) is 4. The van der Waals surface area contributed by atoms with Crippen LogP contribution in [0, 0.1) is 11.8 Å². The lowest BCUT2D eigenvalue weighted by Crippen LogP contribution is -2.23. The molecule has 0 saturated heterocycles. The van der Waals surface area contributed by atoms with Crippen molar-refractivity contribution in [2.45, 2.75) is 25.7 Å². The Kier molecular flexibility index (Phi) is 8.04. The van der Waals surface area contributed by atoms with Crippen molar-refractivity contribution in [2.75, 3.05) is 13.2 Å². The Morgan fingerprint density at radius 2 is 1.27 bits per heavy atom. The van der Waals surface area contributed by atoms with Crippen LogP contribution in [0.5, 0.6) is 11.5 Å². The molecule has 2 aromatic carbocycles. The van der Waals surface area contributed by atoms with E-state index in [0.717, 1.165) is 17.5 Å². The normalized spacial score (nSPS) is 13.5. The molecule has 0 heterocycles. The van der Waals surface area contributed by atoms with E-state index in [1.165, 1.54) is 0 Å². The maximum absolute atomic E-state index is 9.94. The van der Waals surface area contributed by atoms with Gasteiger partial charge in [0.1, 0.15) is 11.5 Å². The van der Waals surface area contributed by atoms with Crippen LogP contribution in [-0.4, -0.2) is 33.6 Å². The number of aromatic hydroxyl groups is 2. The van der Waals surface area contributed by atoms with Gasteiger partial charge in [-0.1, -0.05) is 35.3 Å². The monoisotopic (exact) mass is 398 g/mol. The van der Waals surface area contributed by atoms with Gasteiger partial charge in [-0.3, -0.25) is 0 Å². The van der Waals surface area contributed by atoms with E-state index < -0.39 is 0 Å². The molecule has 0 aliphatic heterocycles. The largest absolute Gasteiger partial charge is 0.506 e. The maximum Gasteiger partial charge on any atom is 0.134 e. The molecule has 0 aliphatic carbocycles. The number of hydrogen-bond donors (Lipinski definition) is 4. The van der Waals surface area contributed by atoms with Crippen molar-refractivity contribution in [3.05, 3.63) is 57.6 Å². The number of rotatable bonds is 9. The van der Waals surface area contributed by atoms with E-state index in [-0.39, 0.29) is 36.5 Å². The summed E-state index contributed by atoms with van der Waals surface area (Å²) in [5.74, 6) is 0.106. The molecule has 0 aliphatic rings. The fourth-order valence-corrected chi connectivity index (χ4v) is 3.45. The van der Waals surface area contributed by atoms with Crippen molar-refractivity contribution in [3.8, 4) is 11.5 Å². The molecule has 26 heavy (non-hydrogen) atoms. The highest BCUT2D eigenvalue weighted by molar-refractivity contribution is 6.32. The Morgan fingerprint density at radius 3 is 1.69 bits per heavy atom. The van der Waals surface area contributed by atoms with Gasteiger partial charge in [0.15, 0.2) is 0 Å². The van der Waals surface area contributed by atoms with Gasteiger partial charge in [-0.25, -0.2) is 0 Å².